The first-order valence-corrected chi connectivity index (χ1v) is 8.40. The van der Waals surface area contributed by atoms with E-state index in [2.05, 4.69) is 15.4 Å². The summed E-state index contributed by atoms with van der Waals surface area (Å²) in [5, 5.41) is 7.64. The second-order valence-electron chi connectivity index (χ2n) is 6.20. The van der Waals surface area contributed by atoms with Crippen LogP contribution in [0, 0.1) is 13.8 Å². The molecule has 2 aromatic carbocycles. The molecule has 5 heteroatoms. The number of hydrogen-bond acceptors (Lipinski definition) is 4. The number of para-hydroxylation sites is 1. The third kappa shape index (κ3) is 2.73. The highest BCUT2D eigenvalue weighted by Gasteiger charge is 2.19. The average molecular weight is 342 g/mol. The predicted molar refractivity (Wildman–Crippen MR) is 102 cm³/mol. The standard InChI is InChI=1S/C21H18N4O/c1-14-8-6-7-11-18(14)24-21-19-15(2)17(12-25(19)23-13-22-21)20(26)16-9-4-3-5-10-16/h3-13H,1-2H3,(H,22,23,24). The molecule has 2 heterocycles. The van der Waals surface area contributed by atoms with Gasteiger partial charge in [-0.25, -0.2) is 9.50 Å². The third-order valence-electron chi connectivity index (χ3n) is 4.51. The number of benzene rings is 2. The molecule has 0 aliphatic carbocycles. The number of anilines is 2. The number of carbonyl (C=O) groups excluding carboxylic acids is 1. The maximum Gasteiger partial charge on any atom is 0.194 e. The highest BCUT2D eigenvalue weighted by atomic mass is 16.1. The zero-order valence-electron chi connectivity index (χ0n) is 14.6. The van der Waals surface area contributed by atoms with E-state index in [1.54, 1.807) is 10.7 Å². The molecule has 0 bridgehead atoms. The predicted octanol–water partition coefficient (Wildman–Crippen LogP) is 4.32. The van der Waals surface area contributed by atoms with Crippen molar-refractivity contribution in [2.45, 2.75) is 13.8 Å². The van der Waals surface area contributed by atoms with Crippen molar-refractivity contribution in [1.29, 1.82) is 0 Å². The monoisotopic (exact) mass is 342 g/mol. The Balaban J connectivity index is 1.81. The minimum absolute atomic E-state index is 0.0181. The van der Waals surface area contributed by atoms with Crippen LogP contribution in [0.15, 0.2) is 67.1 Å². The number of ketones is 1. The number of carbonyl (C=O) groups is 1. The number of aromatic nitrogens is 3. The number of aryl methyl sites for hydroxylation is 2. The molecule has 26 heavy (non-hydrogen) atoms. The normalized spacial score (nSPS) is 10.8. The molecule has 0 unspecified atom stereocenters. The maximum absolute atomic E-state index is 12.9. The van der Waals surface area contributed by atoms with Gasteiger partial charge < -0.3 is 5.32 Å². The van der Waals surface area contributed by atoms with Crippen LogP contribution in [0.3, 0.4) is 0 Å². The minimum atomic E-state index is -0.0181. The number of nitrogens with one attached hydrogen (secondary N) is 1. The highest BCUT2D eigenvalue weighted by molar-refractivity contribution is 6.11. The van der Waals surface area contributed by atoms with Gasteiger partial charge >= 0.3 is 0 Å². The van der Waals surface area contributed by atoms with E-state index in [0.29, 0.717) is 16.9 Å². The lowest BCUT2D eigenvalue weighted by atomic mass is 10.0. The molecule has 0 radical (unpaired) electrons. The van der Waals surface area contributed by atoms with Crippen LogP contribution >= 0.6 is 0 Å². The molecule has 5 nitrogen and oxygen atoms in total. The van der Waals surface area contributed by atoms with E-state index in [1.165, 1.54) is 6.33 Å². The molecular formula is C21H18N4O. The number of nitrogens with zero attached hydrogens (tertiary/aromatic N) is 3. The zero-order chi connectivity index (χ0) is 18.1. The van der Waals surface area contributed by atoms with Crippen molar-refractivity contribution in [2.75, 3.05) is 5.32 Å². The maximum atomic E-state index is 12.9. The number of rotatable bonds is 4. The Hall–Kier alpha value is -3.47. The SMILES string of the molecule is Cc1ccccc1Nc1ncnn2cc(C(=O)c3ccccc3)c(C)c12. The summed E-state index contributed by atoms with van der Waals surface area (Å²) in [6.07, 6.45) is 3.26. The van der Waals surface area contributed by atoms with E-state index >= 15 is 0 Å². The summed E-state index contributed by atoms with van der Waals surface area (Å²) >= 11 is 0. The van der Waals surface area contributed by atoms with Crippen LogP contribution in [-0.2, 0) is 0 Å². The van der Waals surface area contributed by atoms with Gasteiger partial charge in [0.25, 0.3) is 0 Å². The average Bonchev–Trinajstić information content (AvgIpc) is 3.01. The summed E-state index contributed by atoms with van der Waals surface area (Å²) in [6, 6.07) is 17.3. The van der Waals surface area contributed by atoms with Crippen LogP contribution in [-0.4, -0.2) is 20.4 Å². The lowest BCUT2D eigenvalue weighted by Crippen LogP contribution is -2.01. The Morgan fingerprint density at radius 2 is 1.73 bits per heavy atom. The fourth-order valence-electron chi connectivity index (χ4n) is 3.07. The first-order chi connectivity index (χ1) is 12.6. The van der Waals surface area contributed by atoms with Crippen LogP contribution in [0.25, 0.3) is 5.52 Å². The van der Waals surface area contributed by atoms with Crippen molar-refractivity contribution in [3.8, 4) is 0 Å². The van der Waals surface area contributed by atoms with Gasteiger partial charge in [0.05, 0.1) is 0 Å². The van der Waals surface area contributed by atoms with Crippen molar-refractivity contribution in [3.63, 3.8) is 0 Å². The van der Waals surface area contributed by atoms with E-state index in [4.69, 9.17) is 0 Å². The first kappa shape index (κ1) is 16.0. The topological polar surface area (TPSA) is 59.3 Å². The van der Waals surface area contributed by atoms with Gasteiger partial charge in [-0.1, -0.05) is 48.5 Å². The molecule has 1 N–H and O–H groups in total. The number of hydrogen-bond donors (Lipinski definition) is 1. The molecule has 0 atom stereocenters. The Labute approximate surface area is 151 Å². The largest absolute Gasteiger partial charge is 0.338 e. The summed E-state index contributed by atoms with van der Waals surface area (Å²) in [5.74, 6) is 0.661. The van der Waals surface area contributed by atoms with Crippen LogP contribution < -0.4 is 5.32 Å². The molecule has 4 rings (SSSR count). The van der Waals surface area contributed by atoms with E-state index in [9.17, 15) is 4.79 Å². The molecule has 0 amide bonds. The minimum Gasteiger partial charge on any atom is -0.338 e. The van der Waals surface area contributed by atoms with Gasteiger partial charge in [0.2, 0.25) is 0 Å². The van der Waals surface area contributed by atoms with Crippen LogP contribution in [0.1, 0.15) is 27.0 Å². The highest BCUT2D eigenvalue weighted by Crippen LogP contribution is 2.27. The molecular weight excluding hydrogens is 324 g/mol. The quantitative estimate of drug-likeness (QED) is 0.561. The fraction of sp³-hybridized carbons (Fsp3) is 0.0952. The van der Waals surface area contributed by atoms with Crippen molar-refractivity contribution in [2.24, 2.45) is 0 Å². The van der Waals surface area contributed by atoms with Gasteiger partial charge in [-0.3, -0.25) is 4.79 Å². The van der Waals surface area contributed by atoms with Crippen LogP contribution in [0.5, 0.6) is 0 Å². The molecule has 2 aromatic heterocycles. The summed E-state index contributed by atoms with van der Waals surface area (Å²) in [6.45, 7) is 3.97. The summed E-state index contributed by atoms with van der Waals surface area (Å²) in [4.78, 5) is 17.3. The van der Waals surface area contributed by atoms with E-state index in [1.807, 2.05) is 68.4 Å². The van der Waals surface area contributed by atoms with Gasteiger partial charge in [-0.2, -0.15) is 5.10 Å². The van der Waals surface area contributed by atoms with Gasteiger partial charge in [0.15, 0.2) is 11.6 Å². The summed E-state index contributed by atoms with van der Waals surface area (Å²) in [5.41, 5.74) is 5.04. The molecule has 0 saturated carbocycles. The first-order valence-electron chi connectivity index (χ1n) is 8.40. The molecule has 0 spiro atoms. The summed E-state index contributed by atoms with van der Waals surface area (Å²) in [7, 11) is 0. The third-order valence-corrected chi connectivity index (χ3v) is 4.51. The second-order valence-corrected chi connectivity index (χ2v) is 6.20. The van der Waals surface area contributed by atoms with Crippen LogP contribution in [0.2, 0.25) is 0 Å². The van der Waals surface area contributed by atoms with Crippen LogP contribution in [0.4, 0.5) is 11.5 Å². The fourth-order valence-corrected chi connectivity index (χ4v) is 3.07. The Bertz CT molecular complexity index is 1100. The van der Waals surface area contributed by atoms with Crippen molar-refractivity contribution in [3.05, 3.63) is 89.4 Å². The summed E-state index contributed by atoms with van der Waals surface area (Å²) < 4.78 is 1.71. The van der Waals surface area contributed by atoms with E-state index in [-0.39, 0.29) is 5.78 Å². The van der Waals surface area contributed by atoms with Crippen molar-refractivity contribution in [1.82, 2.24) is 14.6 Å². The Morgan fingerprint density at radius 1 is 1.00 bits per heavy atom. The van der Waals surface area contributed by atoms with Gasteiger partial charge in [0.1, 0.15) is 11.8 Å². The van der Waals surface area contributed by atoms with Crippen molar-refractivity contribution < 1.29 is 4.79 Å². The lowest BCUT2D eigenvalue weighted by Gasteiger charge is -2.10. The Morgan fingerprint density at radius 3 is 2.50 bits per heavy atom. The molecule has 0 aliphatic rings. The van der Waals surface area contributed by atoms with Gasteiger partial charge in [-0.15, -0.1) is 0 Å². The van der Waals surface area contributed by atoms with E-state index in [0.717, 1.165) is 22.3 Å². The lowest BCUT2D eigenvalue weighted by molar-refractivity contribution is 0.103. The molecule has 4 aromatic rings. The molecule has 128 valence electrons. The smallest absolute Gasteiger partial charge is 0.194 e. The number of fused-ring (bicyclic) bond motifs is 1. The molecule has 0 aliphatic heterocycles. The Kier molecular flexibility index (Phi) is 3.97. The molecule has 0 saturated heterocycles. The van der Waals surface area contributed by atoms with Gasteiger partial charge in [0, 0.05) is 23.0 Å². The van der Waals surface area contributed by atoms with Crippen molar-refractivity contribution >= 4 is 22.8 Å². The van der Waals surface area contributed by atoms with Gasteiger partial charge in [-0.05, 0) is 31.0 Å². The zero-order valence-corrected chi connectivity index (χ0v) is 14.6. The second kappa shape index (κ2) is 6.44. The molecule has 0 fully saturated rings. The van der Waals surface area contributed by atoms with E-state index < -0.39 is 0 Å².